The number of anilines is 2. The lowest BCUT2D eigenvalue weighted by Gasteiger charge is -2.43. The number of ketones is 1. The Hall–Kier alpha value is -3.52. The molecule has 2 aromatic rings. The summed E-state index contributed by atoms with van der Waals surface area (Å²) in [7, 11) is 3.97. The van der Waals surface area contributed by atoms with Crippen molar-refractivity contribution in [1.82, 2.24) is 0 Å². The molecule has 0 radical (unpaired) electrons. The Morgan fingerprint density at radius 2 is 1.69 bits per heavy atom. The third kappa shape index (κ3) is 3.67. The van der Waals surface area contributed by atoms with E-state index in [2.05, 4.69) is 19.9 Å². The molecule has 1 aliphatic heterocycles. The van der Waals surface area contributed by atoms with Crippen molar-refractivity contribution in [2.45, 2.75) is 39.5 Å². The van der Waals surface area contributed by atoms with Crippen LogP contribution in [0.3, 0.4) is 0 Å². The van der Waals surface area contributed by atoms with Crippen LogP contribution >= 0.6 is 0 Å². The number of benzene rings is 2. The van der Waals surface area contributed by atoms with Gasteiger partial charge in [0.25, 0.3) is 0 Å². The van der Waals surface area contributed by atoms with Crippen LogP contribution in [0.15, 0.2) is 71.2 Å². The Morgan fingerprint density at radius 1 is 1.06 bits per heavy atom. The minimum Gasteiger partial charge on any atom is -0.384 e. The minimum absolute atomic E-state index is 0.0929. The van der Waals surface area contributed by atoms with Crippen molar-refractivity contribution in [3.8, 4) is 6.07 Å². The molecule has 0 spiro atoms. The Bertz CT molecular complexity index is 1160. The molecule has 164 valence electrons. The summed E-state index contributed by atoms with van der Waals surface area (Å²) in [5.74, 6) is 0.0501. The van der Waals surface area contributed by atoms with Crippen molar-refractivity contribution in [3.63, 3.8) is 0 Å². The minimum atomic E-state index is -0.448. The second-order valence-electron chi connectivity index (χ2n) is 9.80. The molecule has 5 nitrogen and oxygen atoms in total. The van der Waals surface area contributed by atoms with Gasteiger partial charge in [-0.1, -0.05) is 43.7 Å². The van der Waals surface area contributed by atoms with E-state index in [1.54, 1.807) is 0 Å². The summed E-state index contributed by atoms with van der Waals surface area (Å²) in [4.78, 5) is 17.5. The summed E-state index contributed by atoms with van der Waals surface area (Å²) >= 11 is 0. The number of nitrogens with zero attached hydrogens (tertiary/aromatic N) is 3. The third-order valence-electron chi connectivity index (χ3n) is 6.42. The van der Waals surface area contributed by atoms with E-state index in [1.807, 2.05) is 79.3 Å². The second-order valence-corrected chi connectivity index (χ2v) is 9.80. The Balaban J connectivity index is 1.95. The fourth-order valence-electron chi connectivity index (χ4n) is 4.80. The number of rotatable bonds is 3. The first-order valence-corrected chi connectivity index (χ1v) is 10.9. The van der Waals surface area contributed by atoms with E-state index in [0.29, 0.717) is 29.8 Å². The maximum atomic E-state index is 13.5. The van der Waals surface area contributed by atoms with Gasteiger partial charge in [-0.05, 0) is 48.6 Å². The molecule has 0 saturated heterocycles. The van der Waals surface area contributed by atoms with Crippen LogP contribution in [0.25, 0.3) is 0 Å². The summed E-state index contributed by atoms with van der Waals surface area (Å²) in [6.45, 7) is 6.26. The van der Waals surface area contributed by atoms with Crippen molar-refractivity contribution < 1.29 is 4.79 Å². The number of nitrogens with two attached hydrogens (primary N) is 1. The molecule has 0 fully saturated rings. The second kappa shape index (κ2) is 7.87. The number of allylic oxidation sites excluding steroid dienone is 3. The normalized spacial score (nSPS) is 20.2. The van der Waals surface area contributed by atoms with Crippen molar-refractivity contribution in [2.75, 3.05) is 23.9 Å². The Morgan fingerprint density at radius 3 is 2.25 bits per heavy atom. The molecule has 0 amide bonds. The SMILES string of the molecule is Cc1ccc(N2C(N)=C(C#N)[C@@H](c3ccc(N(C)C)cc3)C3=C2CC(C)(C)CC3=O)cc1. The van der Waals surface area contributed by atoms with Gasteiger partial charge in [0.2, 0.25) is 0 Å². The van der Waals surface area contributed by atoms with Gasteiger partial charge in [0, 0.05) is 43.2 Å². The van der Waals surface area contributed by atoms with Crippen LogP contribution in [0, 0.1) is 23.7 Å². The fourth-order valence-corrected chi connectivity index (χ4v) is 4.80. The van der Waals surface area contributed by atoms with E-state index >= 15 is 0 Å². The highest BCUT2D eigenvalue weighted by atomic mass is 16.1. The van der Waals surface area contributed by atoms with E-state index in [9.17, 15) is 10.1 Å². The number of Topliss-reactive ketones (excluding diaryl/α,β-unsaturated/α-hetero) is 1. The molecule has 0 unspecified atom stereocenters. The average Bonchev–Trinajstić information content (AvgIpc) is 2.73. The van der Waals surface area contributed by atoms with Crippen LogP contribution < -0.4 is 15.5 Å². The van der Waals surface area contributed by atoms with Crippen LogP contribution in [0.2, 0.25) is 0 Å². The lowest BCUT2D eigenvalue weighted by atomic mass is 9.68. The van der Waals surface area contributed by atoms with E-state index in [4.69, 9.17) is 5.73 Å². The van der Waals surface area contributed by atoms with Crippen LogP contribution in [-0.2, 0) is 4.79 Å². The number of hydrogen-bond donors (Lipinski definition) is 1. The summed E-state index contributed by atoms with van der Waals surface area (Å²) in [5, 5.41) is 10.2. The van der Waals surface area contributed by atoms with E-state index in [1.165, 1.54) is 0 Å². The van der Waals surface area contributed by atoms with Crippen molar-refractivity contribution in [2.24, 2.45) is 11.1 Å². The highest BCUT2D eigenvalue weighted by Gasteiger charge is 2.44. The van der Waals surface area contributed by atoms with E-state index < -0.39 is 5.92 Å². The molecular weight excluding hydrogens is 396 g/mol. The largest absolute Gasteiger partial charge is 0.384 e. The lowest BCUT2D eigenvalue weighted by Crippen LogP contribution is -2.42. The third-order valence-corrected chi connectivity index (χ3v) is 6.42. The van der Waals surface area contributed by atoms with Gasteiger partial charge in [-0.2, -0.15) is 5.26 Å². The summed E-state index contributed by atoms with van der Waals surface area (Å²) < 4.78 is 0. The van der Waals surface area contributed by atoms with Gasteiger partial charge >= 0.3 is 0 Å². The molecule has 0 bridgehead atoms. The molecular formula is C27H30N4O. The first-order valence-electron chi connectivity index (χ1n) is 10.9. The number of nitriles is 1. The molecule has 2 aromatic carbocycles. The zero-order chi connectivity index (χ0) is 23.2. The monoisotopic (exact) mass is 426 g/mol. The topological polar surface area (TPSA) is 73.4 Å². The molecule has 32 heavy (non-hydrogen) atoms. The predicted molar refractivity (Wildman–Crippen MR) is 129 cm³/mol. The van der Waals surface area contributed by atoms with E-state index in [0.717, 1.165) is 28.2 Å². The van der Waals surface area contributed by atoms with Crippen molar-refractivity contribution >= 4 is 17.2 Å². The number of aryl methyl sites for hydroxylation is 1. The molecule has 0 aromatic heterocycles. The smallest absolute Gasteiger partial charge is 0.162 e. The van der Waals surface area contributed by atoms with Gasteiger partial charge in [-0.25, -0.2) is 0 Å². The molecule has 5 heteroatoms. The molecule has 2 N–H and O–H groups in total. The first-order chi connectivity index (χ1) is 15.1. The first kappa shape index (κ1) is 21.7. The van der Waals surface area contributed by atoms with Gasteiger partial charge in [-0.3, -0.25) is 9.69 Å². The zero-order valence-electron chi connectivity index (χ0n) is 19.4. The van der Waals surface area contributed by atoms with Crippen LogP contribution in [0.5, 0.6) is 0 Å². The van der Waals surface area contributed by atoms with Gasteiger partial charge in [0.05, 0.1) is 17.6 Å². The van der Waals surface area contributed by atoms with E-state index in [-0.39, 0.29) is 11.2 Å². The summed E-state index contributed by atoms with van der Waals surface area (Å²) in [6, 6.07) is 18.4. The summed E-state index contributed by atoms with van der Waals surface area (Å²) in [6.07, 6.45) is 1.17. The molecule has 2 aliphatic rings. The van der Waals surface area contributed by atoms with Crippen LogP contribution in [-0.4, -0.2) is 19.9 Å². The Kier molecular flexibility index (Phi) is 5.34. The molecule has 0 saturated carbocycles. The van der Waals surface area contributed by atoms with Crippen molar-refractivity contribution in [1.29, 1.82) is 5.26 Å². The average molecular weight is 427 g/mol. The summed E-state index contributed by atoms with van der Waals surface area (Å²) in [5.41, 5.74) is 12.5. The quantitative estimate of drug-likeness (QED) is 0.747. The highest BCUT2D eigenvalue weighted by Crippen LogP contribution is 2.50. The van der Waals surface area contributed by atoms with Gasteiger partial charge in [-0.15, -0.1) is 0 Å². The van der Waals surface area contributed by atoms with Crippen molar-refractivity contribution in [3.05, 3.63) is 82.3 Å². The molecule has 4 rings (SSSR count). The highest BCUT2D eigenvalue weighted by molar-refractivity contribution is 6.01. The van der Waals surface area contributed by atoms with Gasteiger partial charge in [0.15, 0.2) is 5.78 Å². The maximum absolute atomic E-state index is 13.5. The van der Waals surface area contributed by atoms with Gasteiger partial charge in [0.1, 0.15) is 5.82 Å². The van der Waals surface area contributed by atoms with Crippen LogP contribution in [0.1, 0.15) is 43.7 Å². The molecule has 1 atom stereocenters. The fraction of sp³-hybridized carbons (Fsp3) is 0.333. The van der Waals surface area contributed by atoms with Crippen LogP contribution in [0.4, 0.5) is 11.4 Å². The number of carbonyl (C=O) groups excluding carboxylic acids is 1. The standard InChI is InChI=1S/C27H30N4O/c1-17-6-10-20(11-7-17)31-22-14-27(2,3)15-23(32)25(22)24(21(16-28)26(31)29)18-8-12-19(13-9-18)30(4)5/h6-13,24H,14-15,29H2,1-5H3/t24-/m1/s1. The number of carbonyl (C=O) groups is 1. The molecule has 1 aliphatic carbocycles. The maximum Gasteiger partial charge on any atom is 0.162 e. The Labute approximate surface area is 190 Å². The number of hydrogen-bond acceptors (Lipinski definition) is 5. The predicted octanol–water partition coefficient (Wildman–Crippen LogP) is 5.00. The lowest BCUT2D eigenvalue weighted by molar-refractivity contribution is -0.118. The zero-order valence-corrected chi connectivity index (χ0v) is 19.4. The molecule has 1 heterocycles. The van der Waals surface area contributed by atoms with Gasteiger partial charge < -0.3 is 10.6 Å².